The number of pyridine rings is 1. The third kappa shape index (κ3) is 1.27. The summed E-state index contributed by atoms with van der Waals surface area (Å²) < 4.78 is 5.94. The highest BCUT2D eigenvalue weighted by atomic mass is 16.3. The Morgan fingerprint density at radius 3 is 3.00 bits per heavy atom. The Labute approximate surface area is 110 Å². The van der Waals surface area contributed by atoms with Crippen LogP contribution in [0.25, 0.3) is 22.1 Å². The number of hydrogen-bond acceptors (Lipinski definition) is 3. The molecule has 3 aromatic rings. The van der Waals surface area contributed by atoms with Gasteiger partial charge in [-0.05, 0) is 30.7 Å². The normalized spacial score (nSPS) is 17.7. The number of furan rings is 1. The van der Waals surface area contributed by atoms with E-state index in [1.807, 2.05) is 12.1 Å². The molecule has 92 valence electrons. The molecule has 3 nitrogen and oxygen atoms in total. The largest absolute Gasteiger partial charge is 0.437 e. The van der Waals surface area contributed by atoms with Gasteiger partial charge in [0.1, 0.15) is 5.58 Å². The number of aromatic nitrogens is 1. The van der Waals surface area contributed by atoms with Gasteiger partial charge in [-0.2, -0.15) is 0 Å². The van der Waals surface area contributed by atoms with E-state index in [0.29, 0.717) is 5.71 Å². The molecule has 0 amide bonds. The Balaban J connectivity index is 2.20. The first kappa shape index (κ1) is 10.5. The number of allylic oxidation sites excluding steroid dienone is 1. The predicted octanol–water partition coefficient (Wildman–Crippen LogP) is 4.03. The molecule has 0 N–H and O–H groups in total. The zero-order valence-corrected chi connectivity index (χ0v) is 10.6. The second kappa shape index (κ2) is 3.54. The molecule has 0 saturated carbocycles. The van der Waals surface area contributed by atoms with Crippen LogP contribution in [0.4, 0.5) is 0 Å². The van der Waals surface area contributed by atoms with E-state index >= 15 is 0 Å². The van der Waals surface area contributed by atoms with E-state index in [1.54, 1.807) is 12.3 Å². The molecule has 1 aliphatic rings. The third-order valence-corrected chi connectivity index (χ3v) is 3.68. The molecule has 1 aliphatic heterocycles. The molecule has 0 spiro atoms. The predicted molar refractivity (Wildman–Crippen MR) is 76.7 cm³/mol. The van der Waals surface area contributed by atoms with Crippen LogP contribution in [0.5, 0.6) is 0 Å². The van der Waals surface area contributed by atoms with Crippen LogP contribution in [-0.4, -0.2) is 10.7 Å². The molecule has 0 aliphatic carbocycles. The Hall–Kier alpha value is -2.42. The molecule has 1 aromatic carbocycles. The van der Waals surface area contributed by atoms with Crippen molar-refractivity contribution < 1.29 is 4.42 Å². The summed E-state index contributed by atoms with van der Waals surface area (Å²) in [5.41, 5.74) is 4.72. The van der Waals surface area contributed by atoms with Gasteiger partial charge in [0.05, 0.1) is 11.8 Å². The van der Waals surface area contributed by atoms with Crippen molar-refractivity contribution >= 4 is 27.8 Å². The van der Waals surface area contributed by atoms with Gasteiger partial charge in [0, 0.05) is 22.5 Å². The quantitative estimate of drug-likeness (QED) is 0.652. The summed E-state index contributed by atoms with van der Waals surface area (Å²) in [6, 6.07) is 8.34. The minimum atomic E-state index is 0.161. The van der Waals surface area contributed by atoms with Gasteiger partial charge >= 0.3 is 0 Å². The summed E-state index contributed by atoms with van der Waals surface area (Å²) in [5.74, 6) is 0. The Bertz CT molecular complexity index is 858. The fourth-order valence-corrected chi connectivity index (χ4v) is 2.80. The Morgan fingerprint density at radius 1 is 1.26 bits per heavy atom. The lowest BCUT2D eigenvalue weighted by atomic mass is 9.99. The molecule has 2 aromatic heterocycles. The molecule has 1 unspecified atom stereocenters. The van der Waals surface area contributed by atoms with E-state index < -0.39 is 0 Å². The maximum atomic E-state index is 5.94. The van der Waals surface area contributed by atoms with E-state index in [1.165, 1.54) is 5.56 Å². The standard InChI is InChI=1S/C16H12N2O/c1-3-13-14-10(9(2)18-13)6-7-11-12-5-4-8-17-16(12)19-15(11)14/h3-9H,1H2,2H3. The molecular weight excluding hydrogens is 236 g/mol. The molecule has 19 heavy (non-hydrogen) atoms. The minimum Gasteiger partial charge on any atom is -0.437 e. The average Bonchev–Trinajstić information content (AvgIpc) is 2.96. The van der Waals surface area contributed by atoms with Crippen LogP contribution in [-0.2, 0) is 0 Å². The summed E-state index contributed by atoms with van der Waals surface area (Å²) in [6.07, 6.45) is 3.54. The van der Waals surface area contributed by atoms with E-state index in [-0.39, 0.29) is 6.04 Å². The SMILES string of the molecule is C=CC1=NC(C)c2ccc3c(oc4ncccc43)c21. The summed E-state index contributed by atoms with van der Waals surface area (Å²) in [5, 5.41) is 2.13. The topological polar surface area (TPSA) is 38.4 Å². The molecule has 0 bridgehead atoms. The fourth-order valence-electron chi connectivity index (χ4n) is 2.80. The van der Waals surface area contributed by atoms with Crippen molar-refractivity contribution in [2.75, 3.05) is 0 Å². The van der Waals surface area contributed by atoms with Gasteiger partial charge in [-0.15, -0.1) is 0 Å². The van der Waals surface area contributed by atoms with Gasteiger partial charge in [-0.1, -0.05) is 18.7 Å². The van der Waals surface area contributed by atoms with Crippen LogP contribution in [0.2, 0.25) is 0 Å². The third-order valence-electron chi connectivity index (χ3n) is 3.68. The number of nitrogens with zero attached hydrogens (tertiary/aromatic N) is 2. The first-order chi connectivity index (χ1) is 9.29. The summed E-state index contributed by atoms with van der Waals surface area (Å²) in [7, 11) is 0. The average molecular weight is 248 g/mol. The number of fused-ring (bicyclic) bond motifs is 5. The van der Waals surface area contributed by atoms with Crippen molar-refractivity contribution in [2.24, 2.45) is 4.99 Å². The second-order valence-corrected chi connectivity index (χ2v) is 4.76. The van der Waals surface area contributed by atoms with Crippen molar-refractivity contribution in [3.63, 3.8) is 0 Å². The molecule has 3 heteroatoms. The maximum absolute atomic E-state index is 5.94. The number of rotatable bonds is 1. The number of benzene rings is 1. The lowest BCUT2D eigenvalue weighted by Gasteiger charge is -2.03. The van der Waals surface area contributed by atoms with Crippen LogP contribution >= 0.6 is 0 Å². The van der Waals surface area contributed by atoms with Gasteiger partial charge in [0.2, 0.25) is 5.71 Å². The monoisotopic (exact) mass is 248 g/mol. The molecule has 1 atom stereocenters. The van der Waals surface area contributed by atoms with Gasteiger partial charge in [0.25, 0.3) is 0 Å². The summed E-state index contributed by atoms with van der Waals surface area (Å²) in [4.78, 5) is 8.89. The first-order valence-electron chi connectivity index (χ1n) is 6.30. The lowest BCUT2D eigenvalue weighted by Crippen LogP contribution is -1.94. The van der Waals surface area contributed by atoms with Gasteiger partial charge < -0.3 is 4.42 Å². The molecule has 0 radical (unpaired) electrons. The Kier molecular flexibility index (Phi) is 1.96. The second-order valence-electron chi connectivity index (χ2n) is 4.76. The molecule has 0 saturated heterocycles. The van der Waals surface area contributed by atoms with E-state index in [4.69, 9.17) is 4.42 Å². The Morgan fingerprint density at radius 2 is 2.16 bits per heavy atom. The maximum Gasteiger partial charge on any atom is 0.227 e. The van der Waals surface area contributed by atoms with Gasteiger partial charge in [-0.3, -0.25) is 4.99 Å². The lowest BCUT2D eigenvalue weighted by molar-refractivity contribution is 0.652. The van der Waals surface area contributed by atoms with Crippen molar-refractivity contribution in [1.29, 1.82) is 0 Å². The summed E-state index contributed by atoms with van der Waals surface area (Å²) in [6.45, 7) is 5.93. The highest BCUT2D eigenvalue weighted by Crippen LogP contribution is 2.38. The van der Waals surface area contributed by atoms with Crippen molar-refractivity contribution in [3.05, 3.63) is 54.2 Å². The zero-order chi connectivity index (χ0) is 13.0. The molecular formula is C16H12N2O. The molecule has 4 rings (SSSR count). The number of aliphatic imine (C=N–C) groups is 1. The van der Waals surface area contributed by atoms with E-state index in [0.717, 1.165) is 27.6 Å². The van der Waals surface area contributed by atoms with Crippen LogP contribution in [0, 0.1) is 0 Å². The molecule has 3 heterocycles. The van der Waals surface area contributed by atoms with E-state index in [9.17, 15) is 0 Å². The first-order valence-corrected chi connectivity index (χ1v) is 6.30. The van der Waals surface area contributed by atoms with Crippen LogP contribution in [0.15, 0.2) is 52.5 Å². The molecule has 0 fully saturated rings. The smallest absolute Gasteiger partial charge is 0.227 e. The van der Waals surface area contributed by atoms with Gasteiger partial charge in [-0.25, -0.2) is 4.98 Å². The summed E-state index contributed by atoms with van der Waals surface area (Å²) >= 11 is 0. The van der Waals surface area contributed by atoms with Gasteiger partial charge in [0.15, 0.2) is 0 Å². The van der Waals surface area contributed by atoms with Crippen molar-refractivity contribution in [2.45, 2.75) is 13.0 Å². The van der Waals surface area contributed by atoms with Crippen LogP contribution < -0.4 is 0 Å². The van der Waals surface area contributed by atoms with Crippen LogP contribution in [0.3, 0.4) is 0 Å². The highest BCUT2D eigenvalue weighted by molar-refractivity contribution is 6.20. The zero-order valence-electron chi connectivity index (χ0n) is 10.6. The fraction of sp³-hybridized carbons (Fsp3) is 0.125. The van der Waals surface area contributed by atoms with Crippen molar-refractivity contribution in [1.82, 2.24) is 4.98 Å². The number of hydrogen-bond donors (Lipinski definition) is 0. The van der Waals surface area contributed by atoms with E-state index in [2.05, 4.69) is 35.6 Å². The van der Waals surface area contributed by atoms with Crippen molar-refractivity contribution in [3.8, 4) is 0 Å². The highest BCUT2D eigenvalue weighted by Gasteiger charge is 2.25. The minimum absolute atomic E-state index is 0.161. The van der Waals surface area contributed by atoms with Crippen LogP contribution in [0.1, 0.15) is 24.1 Å².